The fourth-order valence-electron chi connectivity index (χ4n) is 4.38. The van der Waals surface area contributed by atoms with Gasteiger partial charge in [-0.3, -0.25) is 0 Å². The van der Waals surface area contributed by atoms with E-state index in [-0.39, 0.29) is 0 Å². The van der Waals surface area contributed by atoms with Gasteiger partial charge in [0.25, 0.3) is 0 Å². The molecule has 0 aliphatic rings. The highest BCUT2D eigenvalue weighted by Gasteiger charge is 2.10. The van der Waals surface area contributed by atoms with Crippen molar-refractivity contribution in [1.29, 1.82) is 0 Å². The molecule has 0 aliphatic heterocycles. The summed E-state index contributed by atoms with van der Waals surface area (Å²) >= 11 is 0. The largest absolute Gasteiger partial charge is 0.487 e. The molecule has 3 N–H and O–H groups in total. The first-order valence-corrected chi connectivity index (χ1v) is 13.2. The van der Waals surface area contributed by atoms with Crippen molar-refractivity contribution in [2.24, 2.45) is 0 Å². The molecule has 0 saturated heterocycles. The van der Waals surface area contributed by atoms with Gasteiger partial charge in [0.1, 0.15) is 12.4 Å². The van der Waals surface area contributed by atoms with Gasteiger partial charge in [0.2, 0.25) is 0 Å². The molecule has 1 aromatic carbocycles. The number of aromatic nitrogens is 3. The summed E-state index contributed by atoms with van der Waals surface area (Å²) in [4.78, 5) is 10.3. The van der Waals surface area contributed by atoms with Gasteiger partial charge >= 0.3 is 0 Å². The van der Waals surface area contributed by atoms with Gasteiger partial charge < -0.3 is 19.7 Å². The molecule has 0 atom stereocenters. The minimum atomic E-state index is 0.534. The normalized spacial score (nSPS) is 12.5. The summed E-state index contributed by atoms with van der Waals surface area (Å²) in [7, 11) is 0. The fourth-order valence-corrected chi connectivity index (χ4v) is 4.38. The van der Waals surface area contributed by atoms with E-state index in [0.29, 0.717) is 6.61 Å². The number of ether oxygens (including phenoxy) is 1. The molecule has 184 valence electrons. The number of hydrogen-bond donors (Lipinski definition) is 3. The second-order valence-corrected chi connectivity index (χ2v) is 9.30. The van der Waals surface area contributed by atoms with Crippen LogP contribution in [0.5, 0.6) is 5.75 Å². The molecule has 4 heteroatoms. The van der Waals surface area contributed by atoms with Crippen LogP contribution in [0.15, 0.2) is 66.9 Å². The number of nitrogens with one attached hydrogen (secondary N) is 3. The van der Waals surface area contributed by atoms with Gasteiger partial charge in [-0.25, -0.2) is 0 Å². The van der Waals surface area contributed by atoms with Gasteiger partial charge in [-0.15, -0.1) is 0 Å². The van der Waals surface area contributed by atoms with Crippen molar-refractivity contribution in [1.82, 2.24) is 15.0 Å². The van der Waals surface area contributed by atoms with Crippen LogP contribution < -0.4 is 15.4 Å². The van der Waals surface area contributed by atoms with Gasteiger partial charge in [-0.05, 0) is 48.7 Å². The molecule has 0 radical (unpaired) electrons. The molecular weight excluding hydrogens is 430 g/mol. The van der Waals surface area contributed by atoms with E-state index < -0.39 is 0 Å². The highest BCUT2D eigenvalue weighted by molar-refractivity contribution is 5.65. The van der Waals surface area contributed by atoms with Crippen LogP contribution >= 0.6 is 0 Å². The first-order chi connectivity index (χ1) is 17.3. The molecule has 4 aromatic rings. The Morgan fingerprint density at radius 2 is 1.51 bits per heavy atom. The maximum absolute atomic E-state index is 6.22. The fraction of sp³-hybridized carbons (Fsp3) is 0.355. The second-order valence-electron chi connectivity index (χ2n) is 9.30. The summed E-state index contributed by atoms with van der Waals surface area (Å²) in [6.45, 7) is 2.81. The molecular formula is C31H39N3O. The van der Waals surface area contributed by atoms with Crippen molar-refractivity contribution in [2.45, 2.75) is 71.3 Å². The van der Waals surface area contributed by atoms with Gasteiger partial charge in [-0.2, -0.15) is 0 Å². The maximum atomic E-state index is 6.22. The van der Waals surface area contributed by atoms with Crippen LogP contribution in [-0.4, -0.2) is 15.0 Å². The first kappa shape index (κ1) is 24.7. The second kappa shape index (κ2) is 13.5. The molecule has 0 amide bonds. The van der Waals surface area contributed by atoms with E-state index in [1.807, 2.05) is 30.5 Å². The zero-order valence-electron chi connectivity index (χ0n) is 21.0. The Morgan fingerprint density at radius 1 is 0.743 bits per heavy atom. The van der Waals surface area contributed by atoms with Gasteiger partial charge in [-0.1, -0.05) is 88.3 Å². The summed E-state index contributed by atoms with van der Waals surface area (Å²) in [5.74, 6) is 0.845. The average molecular weight is 470 g/mol. The quantitative estimate of drug-likeness (QED) is 0.170. The Kier molecular flexibility index (Phi) is 9.52. The Labute approximate surface area is 209 Å². The minimum absolute atomic E-state index is 0.534. The Morgan fingerprint density at radius 3 is 2.29 bits per heavy atom. The molecule has 3 heterocycles. The summed E-state index contributed by atoms with van der Waals surface area (Å²) < 4.78 is 6.22. The lowest BCUT2D eigenvalue weighted by molar-refractivity contribution is 0.306. The topological polar surface area (TPSA) is 56.6 Å². The van der Waals surface area contributed by atoms with Crippen LogP contribution in [0, 0.1) is 0 Å². The van der Waals surface area contributed by atoms with E-state index in [1.165, 1.54) is 56.7 Å². The van der Waals surface area contributed by atoms with Gasteiger partial charge in [0.05, 0.1) is 17.1 Å². The number of H-pyrrole nitrogens is 3. The molecule has 4 rings (SSSR count). The lowest BCUT2D eigenvalue weighted by atomic mass is 10.1. The van der Waals surface area contributed by atoms with E-state index in [9.17, 15) is 0 Å². The molecule has 4 nitrogen and oxygen atoms in total. The lowest BCUT2D eigenvalue weighted by Crippen LogP contribution is -2.09. The van der Waals surface area contributed by atoms with Gasteiger partial charge in [0.15, 0.2) is 0 Å². The smallest absolute Gasteiger partial charge is 0.145 e. The number of unbranched alkanes of at least 4 members (excludes halogenated alkanes) is 8. The lowest BCUT2D eigenvalue weighted by Gasteiger charge is -2.05. The predicted octanol–water partition coefficient (Wildman–Crippen LogP) is 7.06. The number of benzene rings is 1. The summed E-state index contributed by atoms with van der Waals surface area (Å²) in [5, 5.41) is 2.25. The third-order valence-electron chi connectivity index (χ3n) is 6.39. The number of aromatic amines is 3. The van der Waals surface area contributed by atoms with E-state index in [2.05, 4.69) is 70.4 Å². The predicted molar refractivity (Wildman–Crippen MR) is 147 cm³/mol. The van der Waals surface area contributed by atoms with Gasteiger partial charge in [0, 0.05) is 23.0 Å². The molecule has 0 unspecified atom stereocenters. The van der Waals surface area contributed by atoms with E-state index in [1.54, 1.807) is 0 Å². The van der Waals surface area contributed by atoms with Crippen molar-refractivity contribution in [3.05, 3.63) is 88.8 Å². The summed E-state index contributed by atoms with van der Waals surface area (Å²) in [6, 6.07) is 20.7. The molecule has 3 aromatic heterocycles. The Bertz CT molecular complexity index is 1230. The van der Waals surface area contributed by atoms with Crippen molar-refractivity contribution >= 4 is 12.2 Å². The monoisotopic (exact) mass is 469 g/mol. The van der Waals surface area contributed by atoms with Crippen LogP contribution in [0.25, 0.3) is 23.5 Å². The summed E-state index contributed by atoms with van der Waals surface area (Å²) in [5.41, 5.74) is 4.17. The zero-order valence-corrected chi connectivity index (χ0v) is 21.0. The number of rotatable bonds is 14. The van der Waals surface area contributed by atoms with Crippen molar-refractivity contribution < 1.29 is 4.74 Å². The first-order valence-electron chi connectivity index (χ1n) is 13.2. The van der Waals surface area contributed by atoms with Crippen LogP contribution in [0.3, 0.4) is 0 Å². The molecule has 35 heavy (non-hydrogen) atoms. The third-order valence-corrected chi connectivity index (χ3v) is 6.39. The SMILES string of the molecule is CCCCCCCCCCC=c1ccc(=Cc2[nH]c(-c3ccc[nH]3)cc2OCc2ccccc2)[nH]1. The standard InChI is InChI=1S/C31H39N3O/c1-2-3-4-5-6-7-8-9-13-17-26-19-20-27(33-26)22-30-31(35-24-25-15-11-10-12-16-25)23-29(34-30)28-18-14-21-32-28/h10-12,14-23,32-34H,2-9,13,24H2,1H3. The highest BCUT2D eigenvalue weighted by atomic mass is 16.5. The van der Waals surface area contributed by atoms with E-state index in [4.69, 9.17) is 4.74 Å². The van der Waals surface area contributed by atoms with E-state index in [0.717, 1.165) is 40.2 Å². The molecule has 0 saturated carbocycles. The van der Waals surface area contributed by atoms with Crippen LogP contribution in [0.2, 0.25) is 0 Å². The minimum Gasteiger partial charge on any atom is -0.487 e. The van der Waals surface area contributed by atoms with E-state index >= 15 is 0 Å². The average Bonchev–Trinajstić information content (AvgIpc) is 3.64. The maximum Gasteiger partial charge on any atom is 0.145 e. The van der Waals surface area contributed by atoms with Crippen molar-refractivity contribution in [3.63, 3.8) is 0 Å². The molecule has 0 spiro atoms. The third kappa shape index (κ3) is 7.81. The summed E-state index contributed by atoms with van der Waals surface area (Å²) in [6.07, 6.45) is 18.4. The molecule has 0 aliphatic carbocycles. The van der Waals surface area contributed by atoms with Crippen molar-refractivity contribution in [2.75, 3.05) is 0 Å². The van der Waals surface area contributed by atoms with Crippen molar-refractivity contribution in [3.8, 4) is 17.1 Å². The van der Waals surface area contributed by atoms with Crippen LogP contribution in [-0.2, 0) is 6.61 Å². The van der Waals surface area contributed by atoms with Crippen LogP contribution in [0.4, 0.5) is 0 Å². The molecule has 0 bridgehead atoms. The Hall–Kier alpha value is -3.40. The number of hydrogen-bond acceptors (Lipinski definition) is 1. The zero-order chi connectivity index (χ0) is 24.1. The highest BCUT2D eigenvalue weighted by Crippen LogP contribution is 2.27. The Balaban J connectivity index is 1.39. The molecule has 0 fully saturated rings. The van der Waals surface area contributed by atoms with Crippen LogP contribution in [0.1, 0.15) is 76.0 Å².